The second-order valence-electron chi connectivity index (χ2n) is 9.70. The molecular formula is C30H28F6N2O. The lowest BCUT2D eigenvalue weighted by molar-refractivity contribution is -0.143. The molecule has 1 amide bonds. The normalized spacial score (nSPS) is 15.8. The Morgan fingerprint density at radius 1 is 0.872 bits per heavy atom. The summed E-state index contributed by atoms with van der Waals surface area (Å²) in [5.41, 5.74) is 0.214. The topological polar surface area (TPSA) is 23.6 Å². The van der Waals surface area contributed by atoms with Gasteiger partial charge >= 0.3 is 12.4 Å². The van der Waals surface area contributed by atoms with E-state index < -0.39 is 35.4 Å². The lowest BCUT2D eigenvalue weighted by atomic mass is 9.92. The van der Waals surface area contributed by atoms with Crippen LogP contribution in [0, 0.1) is 0 Å². The van der Waals surface area contributed by atoms with E-state index in [-0.39, 0.29) is 11.6 Å². The summed E-state index contributed by atoms with van der Waals surface area (Å²) in [5.74, 6) is -0.424. The SMILES string of the molecule is C[C@H](c1cc(C(F)(F)F)cc(C(F)(F)F)c1)N(C)C(=O)C1=C(c2ccccc2)CN(Cc2ccccc2)CC1. The fourth-order valence-corrected chi connectivity index (χ4v) is 4.77. The maximum atomic E-state index is 13.7. The standard InChI is InChI=1S/C30H28F6N2O/c1-20(23-15-24(29(31,32)33)17-25(16-23)30(34,35)36)37(2)28(39)26-13-14-38(18-21-9-5-3-6-10-21)19-27(26)22-11-7-4-8-12-22/h3-12,15-17,20H,13-14,18-19H2,1-2H3/t20-/m1/s1. The molecule has 0 N–H and O–H groups in total. The number of carbonyl (C=O) groups excluding carboxylic acids is 1. The molecule has 39 heavy (non-hydrogen) atoms. The fraction of sp³-hybridized carbons (Fsp3) is 0.300. The molecule has 3 aromatic carbocycles. The number of alkyl halides is 6. The van der Waals surface area contributed by atoms with E-state index in [9.17, 15) is 31.1 Å². The summed E-state index contributed by atoms with van der Waals surface area (Å²) < 4.78 is 80.5. The van der Waals surface area contributed by atoms with Crippen molar-refractivity contribution in [3.63, 3.8) is 0 Å². The van der Waals surface area contributed by atoms with E-state index in [0.29, 0.717) is 43.8 Å². The Balaban J connectivity index is 1.67. The molecule has 3 aromatic rings. The minimum absolute atomic E-state index is 0.0938. The molecule has 0 saturated heterocycles. The highest BCUT2D eigenvalue weighted by atomic mass is 19.4. The summed E-state index contributed by atoms with van der Waals surface area (Å²) in [7, 11) is 1.41. The van der Waals surface area contributed by atoms with Crippen molar-refractivity contribution in [1.29, 1.82) is 0 Å². The highest BCUT2D eigenvalue weighted by Gasteiger charge is 2.38. The number of hydrogen-bond acceptors (Lipinski definition) is 2. The van der Waals surface area contributed by atoms with Crippen molar-refractivity contribution < 1.29 is 31.1 Å². The summed E-state index contributed by atoms with van der Waals surface area (Å²) in [6, 6.07) is 19.6. The number of likely N-dealkylation sites (N-methyl/N-ethyl adjacent to an activating group) is 1. The Kier molecular flexibility index (Phi) is 8.20. The first-order valence-corrected chi connectivity index (χ1v) is 12.4. The second-order valence-corrected chi connectivity index (χ2v) is 9.70. The Labute approximate surface area is 223 Å². The molecule has 0 unspecified atom stereocenters. The van der Waals surface area contributed by atoms with Crippen molar-refractivity contribution in [1.82, 2.24) is 9.80 Å². The molecule has 206 valence electrons. The minimum Gasteiger partial charge on any atom is -0.335 e. The van der Waals surface area contributed by atoms with Gasteiger partial charge in [0.1, 0.15) is 0 Å². The zero-order valence-corrected chi connectivity index (χ0v) is 21.5. The number of nitrogens with zero attached hydrogens (tertiary/aromatic N) is 2. The maximum absolute atomic E-state index is 13.7. The predicted octanol–water partition coefficient (Wildman–Crippen LogP) is 7.60. The number of amides is 1. The lowest BCUT2D eigenvalue weighted by Crippen LogP contribution is -2.37. The number of benzene rings is 3. The molecule has 1 aliphatic heterocycles. The summed E-state index contributed by atoms with van der Waals surface area (Å²) in [4.78, 5) is 17.2. The van der Waals surface area contributed by atoms with Crippen LogP contribution in [0.2, 0.25) is 0 Å². The smallest absolute Gasteiger partial charge is 0.335 e. The van der Waals surface area contributed by atoms with E-state index >= 15 is 0 Å². The Hall–Kier alpha value is -3.59. The van der Waals surface area contributed by atoms with E-state index in [1.54, 1.807) is 0 Å². The van der Waals surface area contributed by atoms with Crippen LogP contribution in [-0.4, -0.2) is 35.8 Å². The first-order chi connectivity index (χ1) is 18.3. The quantitative estimate of drug-likeness (QED) is 0.297. The molecular weight excluding hydrogens is 518 g/mol. The molecule has 0 radical (unpaired) electrons. The molecule has 0 aromatic heterocycles. The largest absolute Gasteiger partial charge is 0.416 e. The van der Waals surface area contributed by atoms with Gasteiger partial charge in [0, 0.05) is 32.3 Å². The van der Waals surface area contributed by atoms with Gasteiger partial charge in [-0.15, -0.1) is 0 Å². The minimum atomic E-state index is -4.97. The summed E-state index contributed by atoms with van der Waals surface area (Å²) in [5, 5.41) is 0. The molecule has 0 fully saturated rings. The summed E-state index contributed by atoms with van der Waals surface area (Å²) >= 11 is 0. The second kappa shape index (κ2) is 11.3. The predicted molar refractivity (Wildman–Crippen MR) is 137 cm³/mol. The number of halogens is 6. The third-order valence-corrected chi connectivity index (χ3v) is 7.05. The molecule has 9 heteroatoms. The van der Waals surface area contributed by atoms with Crippen LogP contribution >= 0.6 is 0 Å². The Bertz CT molecular complexity index is 1300. The van der Waals surface area contributed by atoms with Crippen molar-refractivity contribution in [3.8, 4) is 0 Å². The van der Waals surface area contributed by atoms with Crippen LogP contribution in [0.3, 0.4) is 0 Å². The number of rotatable bonds is 6. The monoisotopic (exact) mass is 546 g/mol. The van der Waals surface area contributed by atoms with Gasteiger partial charge in [-0.1, -0.05) is 60.7 Å². The van der Waals surface area contributed by atoms with Gasteiger partial charge in [0.25, 0.3) is 0 Å². The van der Waals surface area contributed by atoms with Crippen LogP contribution in [0.1, 0.15) is 47.2 Å². The molecule has 0 bridgehead atoms. The van der Waals surface area contributed by atoms with Crippen LogP contribution in [0.25, 0.3) is 5.57 Å². The zero-order valence-electron chi connectivity index (χ0n) is 21.5. The zero-order chi connectivity index (χ0) is 28.4. The van der Waals surface area contributed by atoms with Crippen molar-refractivity contribution in [3.05, 3.63) is 112 Å². The van der Waals surface area contributed by atoms with Gasteiger partial charge in [0.2, 0.25) is 5.91 Å². The van der Waals surface area contributed by atoms with Crippen molar-refractivity contribution in [2.45, 2.75) is 38.3 Å². The molecule has 0 saturated carbocycles. The molecule has 0 spiro atoms. The van der Waals surface area contributed by atoms with E-state index in [0.717, 1.165) is 16.7 Å². The van der Waals surface area contributed by atoms with Gasteiger partial charge in [0.15, 0.2) is 0 Å². The third kappa shape index (κ3) is 6.71. The Morgan fingerprint density at radius 2 is 1.41 bits per heavy atom. The van der Waals surface area contributed by atoms with Gasteiger partial charge in [-0.05, 0) is 53.8 Å². The van der Waals surface area contributed by atoms with Gasteiger partial charge in [-0.25, -0.2) is 0 Å². The molecule has 3 nitrogen and oxygen atoms in total. The van der Waals surface area contributed by atoms with Gasteiger partial charge in [-0.2, -0.15) is 26.3 Å². The lowest BCUT2D eigenvalue weighted by Gasteiger charge is -2.34. The van der Waals surface area contributed by atoms with Crippen LogP contribution < -0.4 is 0 Å². The number of carbonyl (C=O) groups is 1. The van der Waals surface area contributed by atoms with E-state index in [1.165, 1.54) is 18.9 Å². The molecule has 0 aliphatic carbocycles. The first-order valence-electron chi connectivity index (χ1n) is 12.4. The number of hydrogen-bond donors (Lipinski definition) is 0. The Morgan fingerprint density at radius 3 is 1.95 bits per heavy atom. The van der Waals surface area contributed by atoms with Gasteiger partial charge in [0.05, 0.1) is 17.2 Å². The first kappa shape index (κ1) is 28.4. The molecule has 1 heterocycles. The average molecular weight is 547 g/mol. The third-order valence-electron chi connectivity index (χ3n) is 7.05. The van der Waals surface area contributed by atoms with Gasteiger partial charge < -0.3 is 4.90 Å². The van der Waals surface area contributed by atoms with Crippen LogP contribution in [0.4, 0.5) is 26.3 Å². The van der Waals surface area contributed by atoms with E-state index in [4.69, 9.17) is 0 Å². The summed E-state index contributed by atoms with van der Waals surface area (Å²) in [6.45, 7) is 3.16. The van der Waals surface area contributed by atoms with Crippen molar-refractivity contribution >= 4 is 11.5 Å². The van der Waals surface area contributed by atoms with Crippen molar-refractivity contribution in [2.75, 3.05) is 20.1 Å². The van der Waals surface area contributed by atoms with Crippen LogP contribution in [-0.2, 0) is 23.7 Å². The van der Waals surface area contributed by atoms with Gasteiger partial charge in [-0.3, -0.25) is 9.69 Å². The fourth-order valence-electron chi connectivity index (χ4n) is 4.77. The maximum Gasteiger partial charge on any atom is 0.416 e. The molecule has 4 rings (SSSR count). The highest BCUT2D eigenvalue weighted by molar-refractivity contribution is 6.02. The molecule has 1 atom stereocenters. The van der Waals surface area contributed by atoms with E-state index in [1.807, 2.05) is 60.7 Å². The van der Waals surface area contributed by atoms with Crippen molar-refractivity contribution in [2.24, 2.45) is 0 Å². The average Bonchev–Trinajstić information content (AvgIpc) is 2.91. The van der Waals surface area contributed by atoms with E-state index in [2.05, 4.69) is 4.90 Å². The highest BCUT2D eigenvalue weighted by Crippen LogP contribution is 2.39. The van der Waals surface area contributed by atoms with Crippen LogP contribution in [0.15, 0.2) is 84.4 Å². The summed E-state index contributed by atoms with van der Waals surface area (Å²) in [6.07, 6.45) is -9.54. The molecule has 1 aliphatic rings. The van der Waals surface area contributed by atoms with Crippen LogP contribution in [0.5, 0.6) is 0 Å².